The molecule has 21 heavy (non-hydrogen) atoms. The molecule has 2 aromatic rings. The first-order chi connectivity index (χ1) is 9.97. The molecule has 0 radical (unpaired) electrons. The van der Waals surface area contributed by atoms with E-state index in [0.717, 1.165) is 11.6 Å². The molecule has 1 unspecified atom stereocenters. The van der Waals surface area contributed by atoms with E-state index in [1.165, 1.54) is 12.1 Å². The zero-order chi connectivity index (χ0) is 15.4. The van der Waals surface area contributed by atoms with Crippen molar-refractivity contribution in [1.29, 1.82) is 0 Å². The van der Waals surface area contributed by atoms with Gasteiger partial charge in [0, 0.05) is 18.2 Å². The smallest absolute Gasteiger partial charge is 0.248 e. The maximum Gasteiger partial charge on any atom is 0.248 e. The van der Waals surface area contributed by atoms with Crippen molar-refractivity contribution >= 4 is 5.91 Å². The SMILES string of the molecule is CC(NCc1cccc(C(N)=O)c1)c1ccc(F)c(F)c1. The molecule has 1 amide bonds. The Morgan fingerprint density at radius 1 is 1.19 bits per heavy atom. The second kappa shape index (κ2) is 6.45. The molecule has 3 N–H and O–H groups in total. The van der Waals surface area contributed by atoms with Gasteiger partial charge in [0.1, 0.15) is 0 Å². The van der Waals surface area contributed by atoms with E-state index in [1.807, 2.05) is 13.0 Å². The Morgan fingerprint density at radius 3 is 2.62 bits per heavy atom. The average molecular weight is 290 g/mol. The first-order valence-corrected chi connectivity index (χ1v) is 6.54. The van der Waals surface area contributed by atoms with Gasteiger partial charge in [-0.1, -0.05) is 18.2 Å². The minimum Gasteiger partial charge on any atom is -0.366 e. The molecule has 1 atom stereocenters. The van der Waals surface area contributed by atoms with Crippen LogP contribution in [0.25, 0.3) is 0 Å². The standard InChI is InChI=1S/C16H16F2N2O/c1-10(12-5-6-14(17)15(18)8-12)20-9-11-3-2-4-13(7-11)16(19)21/h2-8,10,20H,9H2,1H3,(H2,19,21). The van der Waals surface area contributed by atoms with Gasteiger partial charge in [-0.05, 0) is 42.3 Å². The van der Waals surface area contributed by atoms with Crippen molar-refractivity contribution in [3.05, 3.63) is 70.8 Å². The highest BCUT2D eigenvalue weighted by Gasteiger charge is 2.09. The molecular weight excluding hydrogens is 274 g/mol. The summed E-state index contributed by atoms with van der Waals surface area (Å²) in [6, 6.07) is 10.6. The van der Waals surface area contributed by atoms with E-state index >= 15 is 0 Å². The van der Waals surface area contributed by atoms with Gasteiger partial charge in [-0.25, -0.2) is 8.78 Å². The van der Waals surface area contributed by atoms with Gasteiger partial charge in [-0.3, -0.25) is 4.79 Å². The molecule has 0 heterocycles. The Labute approximate surface area is 121 Å². The molecule has 0 aliphatic carbocycles. The summed E-state index contributed by atoms with van der Waals surface area (Å²) in [6.07, 6.45) is 0. The number of primary amides is 1. The largest absolute Gasteiger partial charge is 0.366 e. The second-order valence-corrected chi connectivity index (χ2v) is 4.84. The number of benzene rings is 2. The Morgan fingerprint density at radius 2 is 1.95 bits per heavy atom. The number of hydrogen-bond donors (Lipinski definition) is 2. The third-order valence-electron chi connectivity index (χ3n) is 3.27. The highest BCUT2D eigenvalue weighted by molar-refractivity contribution is 5.92. The van der Waals surface area contributed by atoms with Gasteiger partial charge in [0.05, 0.1) is 0 Å². The minimum absolute atomic E-state index is 0.155. The fraction of sp³-hybridized carbons (Fsp3) is 0.188. The lowest BCUT2D eigenvalue weighted by Crippen LogP contribution is -2.19. The summed E-state index contributed by atoms with van der Waals surface area (Å²) in [6.45, 7) is 2.34. The fourth-order valence-electron chi connectivity index (χ4n) is 2.01. The van der Waals surface area contributed by atoms with E-state index < -0.39 is 17.5 Å². The molecule has 0 aliphatic rings. The van der Waals surface area contributed by atoms with Crippen LogP contribution in [-0.2, 0) is 6.54 Å². The van der Waals surface area contributed by atoms with Crippen LogP contribution in [0.1, 0.15) is 34.5 Å². The van der Waals surface area contributed by atoms with Gasteiger partial charge in [0.25, 0.3) is 0 Å². The third kappa shape index (κ3) is 3.86. The van der Waals surface area contributed by atoms with E-state index in [-0.39, 0.29) is 6.04 Å². The molecule has 0 fully saturated rings. The summed E-state index contributed by atoms with van der Waals surface area (Å²) in [4.78, 5) is 11.1. The normalized spacial score (nSPS) is 12.1. The molecule has 2 rings (SSSR count). The van der Waals surface area contributed by atoms with Gasteiger partial charge in [-0.15, -0.1) is 0 Å². The van der Waals surface area contributed by atoms with Gasteiger partial charge >= 0.3 is 0 Å². The summed E-state index contributed by atoms with van der Waals surface area (Å²) in [5, 5.41) is 3.19. The van der Waals surface area contributed by atoms with Crippen LogP contribution in [0.2, 0.25) is 0 Å². The molecule has 0 bridgehead atoms. The summed E-state index contributed by atoms with van der Waals surface area (Å²) >= 11 is 0. The van der Waals surface area contributed by atoms with Gasteiger partial charge in [0.15, 0.2) is 11.6 Å². The van der Waals surface area contributed by atoms with Crippen LogP contribution >= 0.6 is 0 Å². The number of nitrogens with one attached hydrogen (secondary N) is 1. The quantitative estimate of drug-likeness (QED) is 0.889. The van der Waals surface area contributed by atoms with Crippen LogP contribution in [0.15, 0.2) is 42.5 Å². The van der Waals surface area contributed by atoms with Gasteiger partial charge in [0.2, 0.25) is 5.91 Å². The zero-order valence-corrected chi connectivity index (χ0v) is 11.6. The highest BCUT2D eigenvalue weighted by atomic mass is 19.2. The number of hydrogen-bond acceptors (Lipinski definition) is 2. The van der Waals surface area contributed by atoms with Crippen molar-refractivity contribution in [1.82, 2.24) is 5.32 Å². The minimum atomic E-state index is -0.864. The maximum atomic E-state index is 13.2. The number of halogens is 2. The average Bonchev–Trinajstić information content (AvgIpc) is 2.48. The summed E-state index contributed by atoms with van der Waals surface area (Å²) < 4.78 is 26.1. The molecule has 0 spiro atoms. The maximum absolute atomic E-state index is 13.2. The molecule has 110 valence electrons. The van der Waals surface area contributed by atoms with Crippen LogP contribution in [0, 0.1) is 11.6 Å². The van der Waals surface area contributed by atoms with E-state index in [4.69, 9.17) is 5.73 Å². The molecule has 0 saturated heterocycles. The van der Waals surface area contributed by atoms with E-state index in [2.05, 4.69) is 5.32 Å². The van der Waals surface area contributed by atoms with Crippen LogP contribution in [0.3, 0.4) is 0 Å². The van der Waals surface area contributed by atoms with Crippen molar-refractivity contribution in [3.8, 4) is 0 Å². The monoisotopic (exact) mass is 290 g/mol. The Kier molecular flexibility index (Phi) is 4.65. The van der Waals surface area contributed by atoms with Crippen molar-refractivity contribution in [2.75, 3.05) is 0 Å². The topological polar surface area (TPSA) is 55.1 Å². The van der Waals surface area contributed by atoms with Gasteiger partial charge in [-0.2, -0.15) is 0 Å². The first kappa shape index (κ1) is 15.1. The van der Waals surface area contributed by atoms with Crippen molar-refractivity contribution in [3.63, 3.8) is 0 Å². The van der Waals surface area contributed by atoms with Crippen LogP contribution in [0.4, 0.5) is 8.78 Å². The van der Waals surface area contributed by atoms with Crippen LogP contribution < -0.4 is 11.1 Å². The van der Waals surface area contributed by atoms with Crippen LogP contribution in [0.5, 0.6) is 0 Å². The molecule has 2 aromatic carbocycles. The lowest BCUT2D eigenvalue weighted by Gasteiger charge is -2.15. The summed E-state index contributed by atoms with van der Waals surface area (Å²) in [7, 11) is 0. The fourth-order valence-corrected chi connectivity index (χ4v) is 2.01. The summed E-state index contributed by atoms with van der Waals surface area (Å²) in [5.41, 5.74) is 7.21. The van der Waals surface area contributed by atoms with Crippen molar-refractivity contribution in [2.24, 2.45) is 5.73 Å². The molecule has 0 aromatic heterocycles. The van der Waals surface area contributed by atoms with Crippen molar-refractivity contribution < 1.29 is 13.6 Å². The predicted molar refractivity (Wildman–Crippen MR) is 76.6 cm³/mol. The van der Waals surface area contributed by atoms with Gasteiger partial charge < -0.3 is 11.1 Å². The number of carbonyl (C=O) groups is 1. The van der Waals surface area contributed by atoms with E-state index in [9.17, 15) is 13.6 Å². The summed E-state index contributed by atoms with van der Waals surface area (Å²) in [5.74, 6) is -2.21. The molecule has 0 saturated carbocycles. The number of amides is 1. The second-order valence-electron chi connectivity index (χ2n) is 4.84. The number of carbonyl (C=O) groups excluding carboxylic acids is 1. The van der Waals surface area contributed by atoms with E-state index in [1.54, 1.807) is 18.2 Å². The number of nitrogens with two attached hydrogens (primary N) is 1. The molecule has 0 aliphatic heterocycles. The third-order valence-corrected chi connectivity index (χ3v) is 3.27. The Balaban J connectivity index is 2.03. The Hall–Kier alpha value is -2.27. The molecule has 5 heteroatoms. The Bertz CT molecular complexity index is 658. The first-order valence-electron chi connectivity index (χ1n) is 6.54. The molecular formula is C16H16F2N2O. The highest BCUT2D eigenvalue weighted by Crippen LogP contribution is 2.16. The lowest BCUT2D eigenvalue weighted by atomic mass is 10.1. The number of rotatable bonds is 5. The lowest BCUT2D eigenvalue weighted by molar-refractivity contribution is 0.1000. The van der Waals surface area contributed by atoms with E-state index in [0.29, 0.717) is 17.7 Å². The molecule has 3 nitrogen and oxygen atoms in total. The van der Waals surface area contributed by atoms with Crippen molar-refractivity contribution in [2.45, 2.75) is 19.5 Å². The predicted octanol–water partition coefficient (Wildman–Crippen LogP) is 2.91. The zero-order valence-electron chi connectivity index (χ0n) is 11.6. The van der Waals surface area contributed by atoms with Crippen LogP contribution in [-0.4, -0.2) is 5.91 Å².